The minimum Gasteiger partial charge on any atom is -0.475 e. The van der Waals surface area contributed by atoms with Crippen molar-refractivity contribution in [3.8, 4) is 5.88 Å². The van der Waals surface area contributed by atoms with Crippen molar-refractivity contribution in [3.05, 3.63) is 69.2 Å². The summed E-state index contributed by atoms with van der Waals surface area (Å²) < 4.78 is 21.4. The molecule has 10 nitrogen and oxygen atoms in total. The maximum Gasteiger partial charge on any atom is 0.513 e. The Morgan fingerprint density at radius 2 is 2.06 bits per heavy atom. The number of nitro groups is 1. The van der Waals surface area contributed by atoms with Gasteiger partial charge in [-0.1, -0.05) is 12.1 Å². The van der Waals surface area contributed by atoms with E-state index in [0.717, 1.165) is 0 Å². The number of nitrogens with zero attached hydrogens (tertiary/aromatic N) is 2. The van der Waals surface area contributed by atoms with Gasteiger partial charge in [0.25, 0.3) is 5.69 Å². The van der Waals surface area contributed by atoms with Gasteiger partial charge in [-0.2, -0.15) is 0 Å². The van der Waals surface area contributed by atoms with Gasteiger partial charge in [0.1, 0.15) is 12.4 Å². The van der Waals surface area contributed by atoms with Crippen molar-refractivity contribution < 1.29 is 28.7 Å². The standard InChI is InChI=1S/C22H25N3O7/c1-13(2)31-21-19-17(8-9-23-21)24-14(3)20(32-22(26)30-11-10-29-4)18(19)15-6-5-7-16(12-15)25(27)28/h5-9,12-13,18,24H,10-11H2,1-4H3. The Kier molecular flexibility index (Phi) is 7.26. The molecule has 0 bridgehead atoms. The third-order valence-corrected chi connectivity index (χ3v) is 4.66. The second-order valence-electron chi connectivity index (χ2n) is 7.34. The summed E-state index contributed by atoms with van der Waals surface area (Å²) in [5.41, 5.74) is 2.32. The third-order valence-electron chi connectivity index (χ3n) is 4.66. The Morgan fingerprint density at radius 1 is 1.28 bits per heavy atom. The predicted molar refractivity (Wildman–Crippen MR) is 116 cm³/mol. The van der Waals surface area contributed by atoms with Crippen LogP contribution < -0.4 is 10.1 Å². The minimum absolute atomic E-state index is 0.0242. The molecule has 3 rings (SSSR count). The lowest BCUT2D eigenvalue weighted by Gasteiger charge is -2.31. The van der Waals surface area contributed by atoms with Crippen molar-refractivity contribution in [1.29, 1.82) is 0 Å². The molecular formula is C22H25N3O7. The number of benzene rings is 1. The zero-order valence-electron chi connectivity index (χ0n) is 18.3. The molecule has 1 aliphatic rings. The van der Waals surface area contributed by atoms with Gasteiger partial charge in [-0.05, 0) is 32.4 Å². The number of pyridine rings is 1. The van der Waals surface area contributed by atoms with Crippen LogP contribution in [-0.2, 0) is 14.2 Å². The summed E-state index contributed by atoms with van der Waals surface area (Å²) in [6.45, 7) is 5.72. The van der Waals surface area contributed by atoms with Crippen molar-refractivity contribution >= 4 is 17.5 Å². The molecule has 1 aromatic heterocycles. The number of nitrogens with one attached hydrogen (secondary N) is 1. The molecule has 170 valence electrons. The molecule has 0 spiro atoms. The smallest absolute Gasteiger partial charge is 0.475 e. The topological polar surface area (TPSA) is 122 Å². The Labute approximate surface area is 185 Å². The molecule has 1 unspecified atom stereocenters. The van der Waals surface area contributed by atoms with Crippen LogP contribution in [0.1, 0.15) is 37.8 Å². The first kappa shape index (κ1) is 23.0. The van der Waals surface area contributed by atoms with Crippen LogP contribution in [0.3, 0.4) is 0 Å². The first-order chi connectivity index (χ1) is 15.3. The number of allylic oxidation sites excluding steroid dienone is 2. The van der Waals surface area contributed by atoms with Crippen LogP contribution in [0.25, 0.3) is 0 Å². The number of carbonyl (C=O) groups is 1. The predicted octanol–water partition coefficient (Wildman–Crippen LogP) is 4.37. The molecule has 0 radical (unpaired) electrons. The fourth-order valence-electron chi connectivity index (χ4n) is 3.37. The molecule has 0 saturated heterocycles. The van der Waals surface area contributed by atoms with Gasteiger partial charge in [-0.25, -0.2) is 9.78 Å². The fraction of sp³-hybridized carbons (Fsp3) is 0.364. The van der Waals surface area contributed by atoms with Gasteiger partial charge in [0.15, 0.2) is 0 Å². The maximum atomic E-state index is 12.3. The number of nitro benzene ring substituents is 1. The molecule has 1 N–H and O–H groups in total. The van der Waals surface area contributed by atoms with Crippen molar-refractivity contribution in [3.63, 3.8) is 0 Å². The number of hydrogen-bond donors (Lipinski definition) is 1. The van der Waals surface area contributed by atoms with Gasteiger partial charge in [-0.15, -0.1) is 0 Å². The average molecular weight is 443 g/mol. The molecule has 1 aromatic carbocycles. The SMILES string of the molecule is COCCOC(=O)OC1=C(C)Nc2ccnc(OC(C)C)c2C1c1cccc([N+](=O)[O-])c1. The van der Waals surface area contributed by atoms with E-state index >= 15 is 0 Å². The van der Waals surface area contributed by atoms with E-state index in [1.165, 1.54) is 19.2 Å². The summed E-state index contributed by atoms with van der Waals surface area (Å²) in [5, 5.41) is 14.6. The van der Waals surface area contributed by atoms with Crippen molar-refractivity contribution in [2.45, 2.75) is 32.8 Å². The number of carbonyl (C=O) groups excluding carboxylic acids is 1. The second kappa shape index (κ2) is 10.1. The van der Waals surface area contributed by atoms with Crippen LogP contribution in [0.2, 0.25) is 0 Å². The quantitative estimate of drug-likeness (QED) is 0.274. The van der Waals surface area contributed by atoms with Gasteiger partial charge in [0.2, 0.25) is 5.88 Å². The van der Waals surface area contributed by atoms with Crippen molar-refractivity contribution in [2.75, 3.05) is 25.6 Å². The fourth-order valence-corrected chi connectivity index (χ4v) is 3.37. The van der Waals surface area contributed by atoms with Crippen molar-refractivity contribution in [1.82, 2.24) is 4.98 Å². The zero-order chi connectivity index (χ0) is 23.3. The number of methoxy groups -OCH3 is 1. The van der Waals surface area contributed by atoms with E-state index in [9.17, 15) is 14.9 Å². The number of rotatable bonds is 8. The summed E-state index contributed by atoms with van der Waals surface area (Å²) in [5.74, 6) is -0.117. The highest BCUT2D eigenvalue weighted by Crippen LogP contribution is 2.46. The summed E-state index contributed by atoms with van der Waals surface area (Å²) in [6.07, 6.45) is 0.522. The second-order valence-corrected chi connectivity index (χ2v) is 7.34. The molecule has 10 heteroatoms. The number of fused-ring (bicyclic) bond motifs is 1. The number of hydrogen-bond acceptors (Lipinski definition) is 9. The monoisotopic (exact) mass is 443 g/mol. The molecule has 32 heavy (non-hydrogen) atoms. The first-order valence-electron chi connectivity index (χ1n) is 10.0. The van der Waals surface area contributed by atoms with Crippen LogP contribution >= 0.6 is 0 Å². The Hall–Kier alpha value is -3.66. The largest absolute Gasteiger partial charge is 0.513 e. The summed E-state index contributed by atoms with van der Waals surface area (Å²) in [7, 11) is 1.49. The molecule has 1 aliphatic heterocycles. The van der Waals surface area contributed by atoms with Gasteiger partial charge in [-0.3, -0.25) is 10.1 Å². The molecule has 0 fully saturated rings. The number of ether oxygens (including phenoxy) is 4. The zero-order valence-corrected chi connectivity index (χ0v) is 18.3. The van der Waals surface area contributed by atoms with Gasteiger partial charge >= 0.3 is 6.16 Å². The Balaban J connectivity index is 2.11. The molecule has 2 heterocycles. The average Bonchev–Trinajstić information content (AvgIpc) is 2.74. The minimum atomic E-state index is -0.910. The summed E-state index contributed by atoms with van der Waals surface area (Å²) in [6, 6.07) is 7.92. The van der Waals surface area contributed by atoms with E-state index in [0.29, 0.717) is 28.4 Å². The highest BCUT2D eigenvalue weighted by molar-refractivity contribution is 5.70. The van der Waals surface area contributed by atoms with E-state index < -0.39 is 17.0 Å². The molecule has 0 amide bonds. The molecular weight excluding hydrogens is 418 g/mol. The molecule has 2 aromatic rings. The molecule has 1 atom stereocenters. The van der Waals surface area contributed by atoms with E-state index in [1.54, 1.807) is 31.3 Å². The Morgan fingerprint density at radius 3 is 2.75 bits per heavy atom. The first-order valence-corrected chi connectivity index (χ1v) is 10.0. The van der Waals surface area contributed by atoms with E-state index in [-0.39, 0.29) is 30.8 Å². The Bertz CT molecular complexity index is 1040. The van der Waals surface area contributed by atoms with Gasteiger partial charge in [0.05, 0.1) is 34.8 Å². The van der Waals surface area contributed by atoms with Gasteiger partial charge < -0.3 is 24.3 Å². The summed E-state index contributed by atoms with van der Waals surface area (Å²) >= 11 is 0. The van der Waals surface area contributed by atoms with Crippen LogP contribution in [-0.4, -0.2) is 42.5 Å². The lowest BCUT2D eigenvalue weighted by molar-refractivity contribution is -0.384. The van der Waals surface area contributed by atoms with Crippen LogP contribution in [0.4, 0.5) is 16.2 Å². The van der Waals surface area contributed by atoms with Crippen LogP contribution in [0.5, 0.6) is 5.88 Å². The highest BCUT2D eigenvalue weighted by Gasteiger charge is 2.35. The maximum absolute atomic E-state index is 12.3. The van der Waals surface area contributed by atoms with Gasteiger partial charge in [0, 0.05) is 31.1 Å². The number of aromatic nitrogens is 1. The van der Waals surface area contributed by atoms with E-state index in [2.05, 4.69) is 10.3 Å². The third kappa shape index (κ3) is 5.14. The van der Waals surface area contributed by atoms with Crippen LogP contribution in [0.15, 0.2) is 48.0 Å². The number of anilines is 1. The normalized spacial score (nSPS) is 15.1. The van der Waals surface area contributed by atoms with Crippen molar-refractivity contribution in [2.24, 2.45) is 0 Å². The molecule has 0 saturated carbocycles. The van der Waals surface area contributed by atoms with E-state index in [4.69, 9.17) is 18.9 Å². The lowest BCUT2D eigenvalue weighted by Crippen LogP contribution is -2.24. The number of non-ortho nitro benzene ring substituents is 1. The lowest BCUT2D eigenvalue weighted by atomic mass is 9.85. The highest BCUT2D eigenvalue weighted by atomic mass is 16.7. The molecule has 0 aliphatic carbocycles. The van der Waals surface area contributed by atoms with E-state index in [1.807, 2.05) is 13.8 Å². The van der Waals surface area contributed by atoms with Crippen LogP contribution in [0, 0.1) is 10.1 Å². The summed E-state index contributed by atoms with van der Waals surface area (Å²) in [4.78, 5) is 27.6.